The summed E-state index contributed by atoms with van der Waals surface area (Å²) < 4.78 is 3.16. The Morgan fingerprint density at radius 3 is 1.56 bits per heavy atom. The maximum Gasteiger partial charge on any atom is 0.264 e. The largest absolute Gasteiger partial charge is 0.268 e. The summed E-state index contributed by atoms with van der Waals surface area (Å²) in [5, 5.41) is 5.38. The molecule has 0 saturated heterocycles. The molecular formula is C19H18N6O2. The number of H-pyrrole nitrogens is 2. The van der Waals surface area contributed by atoms with Crippen LogP contribution in [0.3, 0.4) is 0 Å². The molecule has 0 atom stereocenters. The summed E-state index contributed by atoms with van der Waals surface area (Å²) in [6, 6.07) is 14.2. The number of aromatic amines is 2. The van der Waals surface area contributed by atoms with E-state index in [0.717, 1.165) is 11.4 Å². The summed E-state index contributed by atoms with van der Waals surface area (Å²) in [4.78, 5) is 32.2. The first-order valence-electron chi connectivity index (χ1n) is 8.45. The molecule has 8 heteroatoms. The Bertz CT molecular complexity index is 1120. The van der Waals surface area contributed by atoms with E-state index in [1.54, 1.807) is 21.8 Å². The molecule has 0 aromatic carbocycles. The van der Waals surface area contributed by atoms with Gasteiger partial charge in [-0.1, -0.05) is 12.1 Å². The molecule has 4 aromatic rings. The predicted molar refractivity (Wildman–Crippen MR) is 100 cm³/mol. The van der Waals surface area contributed by atoms with Crippen LogP contribution in [-0.2, 0) is 5.41 Å². The first-order chi connectivity index (χ1) is 12.9. The first-order valence-corrected chi connectivity index (χ1v) is 8.45. The van der Waals surface area contributed by atoms with E-state index in [9.17, 15) is 9.59 Å². The van der Waals surface area contributed by atoms with Gasteiger partial charge in [-0.3, -0.25) is 19.8 Å². The third kappa shape index (κ3) is 3.12. The van der Waals surface area contributed by atoms with Crippen molar-refractivity contribution in [2.24, 2.45) is 0 Å². The third-order valence-corrected chi connectivity index (χ3v) is 4.45. The minimum Gasteiger partial charge on any atom is -0.268 e. The number of rotatable bonds is 4. The number of hydrogen-bond acceptors (Lipinski definition) is 4. The Morgan fingerprint density at radius 2 is 1.19 bits per heavy atom. The van der Waals surface area contributed by atoms with Gasteiger partial charge in [0.2, 0.25) is 0 Å². The molecule has 8 nitrogen and oxygen atoms in total. The van der Waals surface area contributed by atoms with E-state index < -0.39 is 5.41 Å². The van der Waals surface area contributed by atoms with Crippen molar-refractivity contribution in [3.63, 3.8) is 0 Å². The van der Waals surface area contributed by atoms with Gasteiger partial charge in [-0.15, -0.1) is 0 Å². The van der Waals surface area contributed by atoms with Gasteiger partial charge in [-0.05, 0) is 38.1 Å². The summed E-state index contributed by atoms with van der Waals surface area (Å²) in [6.45, 7) is 4.06. The van der Waals surface area contributed by atoms with Crippen molar-refractivity contribution >= 4 is 0 Å². The van der Waals surface area contributed by atoms with Crippen molar-refractivity contribution in [1.82, 2.24) is 29.5 Å². The van der Waals surface area contributed by atoms with Gasteiger partial charge in [0.25, 0.3) is 11.1 Å². The third-order valence-electron chi connectivity index (χ3n) is 4.45. The molecule has 2 N–H and O–H groups in total. The monoisotopic (exact) mass is 362 g/mol. The standard InChI is InChI=1S/C19H18N6O2/c1-19(2,13-5-3-7-15(20-13)24-11-9-17(26)22-24)14-6-4-8-16(21-14)25-12-10-18(27)23-25/h3-12H,1-2H3,(H,22,26)(H,23,27). The van der Waals surface area contributed by atoms with Gasteiger partial charge in [0, 0.05) is 29.9 Å². The fraction of sp³-hybridized carbons (Fsp3) is 0.158. The Kier molecular flexibility index (Phi) is 3.88. The molecule has 27 heavy (non-hydrogen) atoms. The SMILES string of the molecule is CC(C)(c1cccc(-n2ccc(=O)[nH]2)n1)c1cccc(-n2ccc(=O)[nH]2)n1. The van der Waals surface area contributed by atoms with Gasteiger partial charge in [0.15, 0.2) is 11.6 Å². The molecule has 0 fully saturated rings. The number of nitrogens with zero attached hydrogens (tertiary/aromatic N) is 4. The van der Waals surface area contributed by atoms with E-state index >= 15 is 0 Å². The molecule has 0 amide bonds. The molecule has 0 radical (unpaired) electrons. The highest BCUT2D eigenvalue weighted by Gasteiger charge is 2.27. The van der Waals surface area contributed by atoms with Gasteiger partial charge < -0.3 is 0 Å². The molecule has 0 aliphatic heterocycles. The lowest BCUT2D eigenvalue weighted by Crippen LogP contribution is -2.23. The molecule has 4 rings (SSSR count). The summed E-state index contributed by atoms with van der Waals surface area (Å²) in [6.07, 6.45) is 3.28. The van der Waals surface area contributed by atoms with Crippen molar-refractivity contribution in [2.75, 3.05) is 0 Å². The van der Waals surface area contributed by atoms with Crippen LogP contribution in [0.4, 0.5) is 0 Å². The Balaban J connectivity index is 1.75. The fourth-order valence-electron chi connectivity index (χ4n) is 2.88. The van der Waals surface area contributed by atoms with Crippen LogP contribution in [0.1, 0.15) is 25.2 Å². The molecule has 0 saturated carbocycles. The summed E-state index contributed by atoms with van der Waals surface area (Å²) in [7, 11) is 0. The molecular weight excluding hydrogens is 344 g/mol. The zero-order valence-electron chi connectivity index (χ0n) is 14.9. The molecule has 136 valence electrons. The predicted octanol–water partition coefficient (Wildman–Crippen LogP) is 1.76. The van der Waals surface area contributed by atoms with Crippen LogP contribution in [0.25, 0.3) is 11.6 Å². The second kappa shape index (κ2) is 6.24. The molecule has 0 aliphatic rings. The number of nitrogens with one attached hydrogen (secondary N) is 2. The van der Waals surface area contributed by atoms with E-state index in [-0.39, 0.29) is 11.1 Å². The van der Waals surface area contributed by atoms with E-state index in [1.807, 2.05) is 50.2 Å². The second-order valence-corrected chi connectivity index (χ2v) is 6.71. The Labute approximate surface area is 154 Å². The van der Waals surface area contributed by atoms with Crippen LogP contribution in [0, 0.1) is 0 Å². The highest BCUT2D eigenvalue weighted by Crippen LogP contribution is 2.29. The summed E-state index contributed by atoms with van der Waals surface area (Å²) >= 11 is 0. The van der Waals surface area contributed by atoms with Crippen LogP contribution < -0.4 is 11.1 Å². The molecule has 0 bridgehead atoms. The topological polar surface area (TPSA) is 101 Å². The second-order valence-electron chi connectivity index (χ2n) is 6.71. The highest BCUT2D eigenvalue weighted by molar-refractivity contribution is 5.35. The van der Waals surface area contributed by atoms with Crippen LogP contribution >= 0.6 is 0 Å². The molecule has 0 aliphatic carbocycles. The van der Waals surface area contributed by atoms with Gasteiger partial charge >= 0.3 is 0 Å². The number of aromatic nitrogens is 6. The summed E-state index contributed by atoms with van der Waals surface area (Å²) in [5.74, 6) is 1.24. The van der Waals surface area contributed by atoms with Crippen LogP contribution in [-0.4, -0.2) is 29.5 Å². The van der Waals surface area contributed by atoms with Crippen LogP contribution in [0.2, 0.25) is 0 Å². The quantitative estimate of drug-likeness (QED) is 0.577. The lowest BCUT2D eigenvalue weighted by atomic mass is 9.84. The van der Waals surface area contributed by atoms with Crippen molar-refractivity contribution in [2.45, 2.75) is 19.3 Å². The van der Waals surface area contributed by atoms with E-state index in [0.29, 0.717) is 11.6 Å². The van der Waals surface area contributed by atoms with Gasteiger partial charge in [-0.2, -0.15) is 0 Å². The minimum absolute atomic E-state index is 0.184. The first kappa shape index (κ1) is 16.8. The molecule has 4 aromatic heterocycles. The number of pyridine rings is 2. The van der Waals surface area contributed by atoms with E-state index in [2.05, 4.69) is 10.2 Å². The highest BCUT2D eigenvalue weighted by atomic mass is 16.1. The fourth-order valence-corrected chi connectivity index (χ4v) is 2.88. The van der Waals surface area contributed by atoms with Gasteiger partial charge in [0.1, 0.15) is 0 Å². The normalized spacial score (nSPS) is 11.6. The summed E-state index contributed by atoms with van der Waals surface area (Å²) in [5.41, 5.74) is 0.751. The average molecular weight is 362 g/mol. The minimum atomic E-state index is -0.493. The maximum atomic E-state index is 11.4. The van der Waals surface area contributed by atoms with Crippen molar-refractivity contribution in [1.29, 1.82) is 0 Å². The molecule has 0 unspecified atom stereocenters. The van der Waals surface area contributed by atoms with Gasteiger partial charge in [-0.25, -0.2) is 19.3 Å². The van der Waals surface area contributed by atoms with Crippen molar-refractivity contribution in [3.8, 4) is 11.6 Å². The van der Waals surface area contributed by atoms with Crippen LogP contribution in [0.5, 0.6) is 0 Å². The number of hydrogen-bond donors (Lipinski definition) is 2. The van der Waals surface area contributed by atoms with E-state index in [1.165, 1.54) is 12.1 Å². The van der Waals surface area contributed by atoms with E-state index in [4.69, 9.17) is 9.97 Å². The smallest absolute Gasteiger partial charge is 0.264 e. The zero-order valence-corrected chi connectivity index (χ0v) is 14.9. The lowest BCUT2D eigenvalue weighted by molar-refractivity contribution is 0.588. The molecule has 0 spiro atoms. The van der Waals surface area contributed by atoms with Gasteiger partial charge in [0.05, 0.1) is 11.4 Å². The Morgan fingerprint density at radius 1 is 0.741 bits per heavy atom. The Hall–Kier alpha value is -3.68. The average Bonchev–Trinajstić information content (AvgIpc) is 3.30. The molecule has 4 heterocycles. The van der Waals surface area contributed by atoms with Crippen molar-refractivity contribution in [3.05, 3.63) is 93.0 Å². The zero-order chi connectivity index (χ0) is 19.0. The maximum absolute atomic E-state index is 11.4. The van der Waals surface area contributed by atoms with Crippen LogP contribution in [0.15, 0.2) is 70.5 Å². The van der Waals surface area contributed by atoms with Crippen molar-refractivity contribution < 1.29 is 0 Å². The lowest BCUT2D eigenvalue weighted by Gasteiger charge is -2.24.